The maximum absolute atomic E-state index is 12.4. The first-order valence-corrected chi connectivity index (χ1v) is 7.95. The Labute approximate surface area is 138 Å². The second-order valence-electron chi connectivity index (χ2n) is 5.19. The monoisotopic (exact) mass is 366 g/mol. The first-order chi connectivity index (χ1) is 10.5. The van der Waals surface area contributed by atoms with E-state index >= 15 is 0 Å². The number of likely N-dealkylation sites (N-methyl/N-ethyl adjacent to an activating group) is 1. The van der Waals surface area contributed by atoms with Crippen molar-refractivity contribution in [2.45, 2.75) is 19.9 Å². The molecule has 118 valence electrons. The summed E-state index contributed by atoms with van der Waals surface area (Å²) < 4.78 is 0.800. The Morgan fingerprint density at radius 1 is 1.50 bits per heavy atom. The number of hydrogen-bond donors (Lipinski definition) is 1. The van der Waals surface area contributed by atoms with Crippen LogP contribution in [0.5, 0.6) is 5.75 Å². The van der Waals surface area contributed by atoms with E-state index in [-0.39, 0.29) is 24.1 Å². The summed E-state index contributed by atoms with van der Waals surface area (Å²) in [5, 5.41) is 9.62. The molecule has 0 saturated carbocycles. The summed E-state index contributed by atoms with van der Waals surface area (Å²) in [5.74, 6) is -0.0961. The number of hydrogen-bond acceptors (Lipinski definition) is 3. The maximum atomic E-state index is 12.4. The number of rotatable bonds is 4. The minimum Gasteiger partial charge on any atom is -0.508 e. The van der Waals surface area contributed by atoms with Crippen molar-refractivity contribution in [2.24, 2.45) is 0 Å². The summed E-state index contributed by atoms with van der Waals surface area (Å²) in [6.07, 6.45) is 1.91. The molecule has 1 aliphatic heterocycles. The number of phenols is 1. The van der Waals surface area contributed by atoms with E-state index in [2.05, 4.69) is 22.5 Å². The summed E-state index contributed by atoms with van der Waals surface area (Å²) in [7, 11) is 0. The third-order valence-corrected chi connectivity index (χ3v) is 4.53. The molecule has 1 aromatic carbocycles. The minimum absolute atomic E-state index is 0.0619. The number of nitrogens with zero attached hydrogens (tertiary/aromatic N) is 2. The summed E-state index contributed by atoms with van der Waals surface area (Å²) in [4.78, 5) is 27.3. The van der Waals surface area contributed by atoms with E-state index in [1.54, 1.807) is 17.0 Å². The Bertz CT molecular complexity index is 616. The topological polar surface area (TPSA) is 60.9 Å². The third-order valence-electron chi connectivity index (χ3n) is 3.82. The second-order valence-corrected chi connectivity index (χ2v) is 6.04. The Balaban J connectivity index is 2.10. The molecule has 2 rings (SSSR count). The minimum atomic E-state index is -0.237. The molecule has 6 heteroatoms. The highest BCUT2D eigenvalue weighted by atomic mass is 79.9. The Morgan fingerprint density at radius 2 is 2.23 bits per heavy atom. The average molecular weight is 367 g/mol. The molecule has 1 heterocycles. The number of aromatic hydroxyl groups is 1. The molecule has 1 N–H and O–H groups in total. The lowest BCUT2D eigenvalue weighted by Gasteiger charge is -2.31. The molecule has 0 bridgehead atoms. The first kappa shape index (κ1) is 16.5. The van der Waals surface area contributed by atoms with Crippen LogP contribution in [0.2, 0.25) is 0 Å². The lowest BCUT2D eigenvalue weighted by atomic mass is 9.99. The molecule has 0 saturated heterocycles. The van der Waals surface area contributed by atoms with Gasteiger partial charge in [0, 0.05) is 24.1 Å². The van der Waals surface area contributed by atoms with Crippen molar-refractivity contribution in [3.05, 3.63) is 40.4 Å². The van der Waals surface area contributed by atoms with Crippen molar-refractivity contribution in [1.82, 2.24) is 9.80 Å². The largest absolute Gasteiger partial charge is 0.508 e. The van der Waals surface area contributed by atoms with Gasteiger partial charge in [0.2, 0.25) is 11.8 Å². The van der Waals surface area contributed by atoms with Gasteiger partial charge in [0.05, 0.1) is 0 Å². The quantitative estimate of drug-likeness (QED) is 0.829. The van der Waals surface area contributed by atoms with Gasteiger partial charge in [0.25, 0.3) is 0 Å². The highest BCUT2D eigenvalue weighted by Crippen LogP contribution is 2.30. The molecule has 5 nitrogen and oxygen atoms in total. The lowest BCUT2D eigenvalue weighted by molar-refractivity contribution is -0.138. The molecule has 0 aliphatic carbocycles. The van der Waals surface area contributed by atoms with Gasteiger partial charge in [-0.2, -0.15) is 0 Å². The van der Waals surface area contributed by atoms with Crippen LogP contribution in [0.3, 0.4) is 0 Å². The van der Waals surface area contributed by atoms with Crippen molar-refractivity contribution in [3.63, 3.8) is 0 Å². The van der Waals surface area contributed by atoms with Crippen LogP contribution in [0, 0.1) is 0 Å². The van der Waals surface area contributed by atoms with Crippen LogP contribution in [0.25, 0.3) is 0 Å². The number of amides is 2. The van der Waals surface area contributed by atoms with Crippen molar-refractivity contribution >= 4 is 27.7 Å². The third kappa shape index (κ3) is 3.50. The molecular formula is C16H19BrN2O3. The van der Waals surface area contributed by atoms with E-state index in [1.165, 1.54) is 11.0 Å². The van der Waals surface area contributed by atoms with E-state index in [9.17, 15) is 14.7 Å². The molecule has 1 aliphatic rings. The van der Waals surface area contributed by atoms with Crippen LogP contribution in [0.4, 0.5) is 0 Å². The SMILES string of the molecule is C=CC(=O)N(CC)CC(=O)N1CCc2cc(O)cc(Br)c2C1. The van der Waals surface area contributed by atoms with Crippen molar-refractivity contribution < 1.29 is 14.7 Å². The molecule has 0 radical (unpaired) electrons. The van der Waals surface area contributed by atoms with Gasteiger partial charge in [-0.3, -0.25) is 9.59 Å². The lowest BCUT2D eigenvalue weighted by Crippen LogP contribution is -2.44. The molecule has 22 heavy (non-hydrogen) atoms. The van der Waals surface area contributed by atoms with Crippen LogP contribution in [-0.2, 0) is 22.6 Å². The van der Waals surface area contributed by atoms with E-state index in [0.717, 1.165) is 15.6 Å². The number of benzene rings is 1. The van der Waals surface area contributed by atoms with Crippen LogP contribution >= 0.6 is 15.9 Å². The standard InChI is InChI=1S/C16H19BrN2O3/c1-3-15(21)18(4-2)10-16(22)19-6-5-11-7-12(20)8-14(17)13(11)9-19/h3,7-8,20H,1,4-6,9-10H2,2H3. The Morgan fingerprint density at radius 3 is 2.86 bits per heavy atom. The van der Waals surface area contributed by atoms with Gasteiger partial charge in [0.1, 0.15) is 12.3 Å². The van der Waals surface area contributed by atoms with Gasteiger partial charge >= 0.3 is 0 Å². The Hall–Kier alpha value is -1.82. The fourth-order valence-corrected chi connectivity index (χ4v) is 3.17. The number of carbonyl (C=O) groups is 2. The van der Waals surface area contributed by atoms with E-state index in [0.29, 0.717) is 26.1 Å². The van der Waals surface area contributed by atoms with Crippen molar-refractivity contribution in [3.8, 4) is 5.75 Å². The van der Waals surface area contributed by atoms with Gasteiger partial charge < -0.3 is 14.9 Å². The molecule has 2 amide bonds. The normalized spacial score (nSPS) is 13.5. The molecule has 0 spiro atoms. The van der Waals surface area contributed by atoms with Gasteiger partial charge in [-0.1, -0.05) is 22.5 Å². The van der Waals surface area contributed by atoms with Gasteiger partial charge in [-0.15, -0.1) is 0 Å². The molecule has 0 unspecified atom stereocenters. The molecule has 1 aromatic rings. The number of fused-ring (bicyclic) bond motifs is 1. The zero-order chi connectivity index (χ0) is 16.3. The molecule has 0 aromatic heterocycles. The second kappa shape index (κ2) is 6.96. The summed E-state index contributed by atoms with van der Waals surface area (Å²) >= 11 is 3.43. The van der Waals surface area contributed by atoms with E-state index in [1.807, 2.05) is 6.92 Å². The number of carbonyl (C=O) groups excluding carboxylic acids is 2. The van der Waals surface area contributed by atoms with E-state index < -0.39 is 0 Å². The highest BCUT2D eigenvalue weighted by Gasteiger charge is 2.24. The first-order valence-electron chi connectivity index (χ1n) is 7.15. The van der Waals surface area contributed by atoms with Gasteiger partial charge in [-0.05, 0) is 42.7 Å². The van der Waals surface area contributed by atoms with Crippen LogP contribution in [-0.4, -0.2) is 46.4 Å². The summed E-state index contributed by atoms with van der Waals surface area (Å²) in [6, 6.07) is 3.37. The number of phenolic OH excluding ortho intramolecular Hbond substituents is 1. The summed E-state index contributed by atoms with van der Waals surface area (Å²) in [5.41, 5.74) is 2.06. The van der Waals surface area contributed by atoms with Gasteiger partial charge in [-0.25, -0.2) is 0 Å². The smallest absolute Gasteiger partial charge is 0.246 e. The molecular weight excluding hydrogens is 348 g/mol. The van der Waals surface area contributed by atoms with Crippen molar-refractivity contribution in [1.29, 1.82) is 0 Å². The predicted molar refractivity (Wildman–Crippen MR) is 87.4 cm³/mol. The molecule has 0 atom stereocenters. The van der Waals surface area contributed by atoms with Crippen LogP contribution in [0.15, 0.2) is 29.3 Å². The average Bonchev–Trinajstić information content (AvgIpc) is 2.51. The van der Waals surface area contributed by atoms with Crippen LogP contribution < -0.4 is 0 Å². The summed E-state index contributed by atoms with van der Waals surface area (Å²) in [6.45, 7) is 6.88. The zero-order valence-electron chi connectivity index (χ0n) is 12.5. The van der Waals surface area contributed by atoms with Crippen LogP contribution in [0.1, 0.15) is 18.1 Å². The van der Waals surface area contributed by atoms with Gasteiger partial charge in [0.15, 0.2) is 0 Å². The molecule has 0 fully saturated rings. The Kier molecular flexibility index (Phi) is 5.24. The van der Waals surface area contributed by atoms with E-state index in [4.69, 9.17) is 0 Å². The predicted octanol–water partition coefficient (Wildman–Crippen LogP) is 2.07. The zero-order valence-corrected chi connectivity index (χ0v) is 14.1. The maximum Gasteiger partial charge on any atom is 0.246 e. The fourth-order valence-electron chi connectivity index (χ4n) is 2.55. The highest BCUT2D eigenvalue weighted by molar-refractivity contribution is 9.10. The van der Waals surface area contributed by atoms with Crippen molar-refractivity contribution in [2.75, 3.05) is 19.6 Å². The fraction of sp³-hybridized carbons (Fsp3) is 0.375. The number of halogens is 1.